The first-order valence-electron chi connectivity index (χ1n) is 4.90. The third-order valence-electron chi connectivity index (χ3n) is 3.38. The van der Waals surface area contributed by atoms with E-state index >= 15 is 0 Å². The van der Waals surface area contributed by atoms with Gasteiger partial charge in [0, 0.05) is 6.04 Å². The van der Waals surface area contributed by atoms with Crippen LogP contribution in [0.25, 0.3) is 0 Å². The van der Waals surface area contributed by atoms with Gasteiger partial charge in [0.2, 0.25) is 0 Å². The van der Waals surface area contributed by atoms with E-state index in [-0.39, 0.29) is 0 Å². The van der Waals surface area contributed by atoms with Gasteiger partial charge in [-0.25, -0.2) is 0 Å². The van der Waals surface area contributed by atoms with Crippen molar-refractivity contribution in [2.45, 2.75) is 46.1 Å². The van der Waals surface area contributed by atoms with Gasteiger partial charge in [-0.2, -0.15) is 0 Å². The van der Waals surface area contributed by atoms with Crippen LogP contribution in [0, 0.1) is 17.8 Å². The first kappa shape index (κ1) is 9.05. The van der Waals surface area contributed by atoms with E-state index in [0.29, 0.717) is 6.04 Å². The van der Waals surface area contributed by atoms with Crippen molar-refractivity contribution in [3.63, 3.8) is 0 Å². The maximum Gasteiger partial charge on any atom is 0.00672 e. The van der Waals surface area contributed by atoms with Crippen LogP contribution in [0.3, 0.4) is 0 Å². The number of nitrogens with two attached hydrogens (primary N) is 1. The van der Waals surface area contributed by atoms with Gasteiger partial charge < -0.3 is 5.73 Å². The second-order valence-electron chi connectivity index (χ2n) is 4.26. The summed E-state index contributed by atoms with van der Waals surface area (Å²) in [5.74, 6) is 2.53. The Kier molecular flexibility index (Phi) is 2.94. The molecule has 0 spiro atoms. The highest BCUT2D eigenvalue weighted by Gasteiger charge is 2.29. The van der Waals surface area contributed by atoms with Crippen molar-refractivity contribution in [2.24, 2.45) is 23.5 Å². The fraction of sp³-hybridized carbons (Fsp3) is 1.00. The van der Waals surface area contributed by atoms with E-state index in [1.165, 1.54) is 19.3 Å². The van der Waals surface area contributed by atoms with E-state index in [1.807, 2.05) is 0 Å². The first-order chi connectivity index (χ1) is 5.15. The van der Waals surface area contributed by atoms with Gasteiger partial charge in [0.05, 0.1) is 0 Å². The van der Waals surface area contributed by atoms with Crippen molar-refractivity contribution in [1.29, 1.82) is 0 Å². The number of hydrogen-bond acceptors (Lipinski definition) is 1. The van der Waals surface area contributed by atoms with Crippen LogP contribution in [-0.4, -0.2) is 6.04 Å². The molecule has 2 N–H and O–H groups in total. The Balaban J connectivity index is 2.48. The van der Waals surface area contributed by atoms with E-state index in [9.17, 15) is 0 Å². The van der Waals surface area contributed by atoms with Crippen LogP contribution in [0.1, 0.15) is 40.0 Å². The summed E-state index contributed by atoms with van der Waals surface area (Å²) in [5.41, 5.74) is 5.99. The van der Waals surface area contributed by atoms with Crippen LogP contribution in [-0.2, 0) is 0 Å². The van der Waals surface area contributed by atoms with Crippen LogP contribution in [0.15, 0.2) is 0 Å². The quantitative estimate of drug-likeness (QED) is 0.618. The normalized spacial score (nSPS) is 45.8. The molecule has 0 aliphatic heterocycles. The molecule has 0 heterocycles. The van der Waals surface area contributed by atoms with Crippen molar-refractivity contribution in [1.82, 2.24) is 0 Å². The average Bonchev–Trinajstić information content (AvgIpc) is 1.97. The van der Waals surface area contributed by atoms with Crippen molar-refractivity contribution >= 4 is 0 Å². The molecule has 4 unspecified atom stereocenters. The Bertz CT molecular complexity index is 122. The predicted octanol–water partition coefficient (Wildman–Crippen LogP) is 2.41. The lowest BCUT2D eigenvalue weighted by molar-refractivity contribution is 0.173. The number of rotatable bonds is 1. The molecule has 11 heavy (non-hydrogen) atoms. The van der Waals surface area contributed by atoms with Gasteiger partial charge >= 0.3 is 0 Å². The molecule has 0 aromatic heterocycles. The van der Waals surface area contributed by atoms with Gasteiger partial charge in [-0.3, -0.25) is 0 Å². The second-order valence-corrected chi connectivity index (χ2v) is 4.26. The van der Waals surface area contributed by atoms with Gasteiger partial charge in [-0.15, -0.1) is 0 Å². The number of hydrogen-bond donors (Lipinski definition) is 1. The van der Waals surface area contributed by atoms with E-state index in [2.05, 4.69) is 20.8 Å². The topological polar surface area (TPSA) is 26.0 Å². The van der Waals surface area contributed by atoms with Gasteiger partial charge in [-0.1, -0.05) is 27.2 Å². The first-order valence-corrected chi connectivity index (χ1v) is 4.90. The summed E-state index contributed by atoms with van der Waals surface area (Å²) >= 11 is 0. The van der Waals surface area contributed by atoms with Crippen molar-refractivity contribution in [3.05, 3.63) is 0 Å². The lowest BCUT2D eigenvalue weighted by Gasteiger charge is -2.36. The zero-order valence-corrected chi connectivity index (χ0v) is 8.01. The highest BCUT2D eigenvalue weighted by molar-refractivity contribution is 4.83. The summed E-state index contributed by atoms with van der Waals surface area (Å²) < 4.78 is 0. The minimum atomic E-state index is 0.466. The molecule has 0 radical (unpaired) electrons. The third kappa shape index (κ3) is 1.96. The Hall–Kier alpha value is -0.0400. The molecule has 66 valence electrons. The maximum atomic E-state index is 5.99. The standard InChI is InChI=1S/C10H21N/c1-4-9-5-8(3)10(11)6-7(9)2/h7-10H,4-6,11H2,1-3H3. The largest absolute Gasteiger partial charge is 0.327 e. The fourth-order valence-corrected chi connectivity index (χ4v) is 2.31. The molecule has 0 aromatic rings. The molecular formula is C10H21N. The van der Waals surface area contributed by atoms with Gasteiger partial charge in [-0.05, 0) is 30.6 Å². The van der Waals surface area contributed by atoms with Crippen LogP contribution in [0.4, 0.5) is 0 Å². The van der Waals surface area contributed by atoms with E-state index < -0.39 is 0 Å². The summed E-state index contributed by atoms with van der Waals surface area (Å²) in [6, 6.07) is 0.466. The zero-order valence-electron chi connectivity index (χ0n) is 8.01. The minimum Gasteiger partial charge on any atom is -0.327 e. The highest BCUT2D eigenvalue weighted by atomic mass is 14.7. The molecule has 1 saturated carbocycles. The zero-order chi connectivity index (χ0) is 8.43. The Morgan fingerprint density at radius 3 is 2.36 bits per heavy atom. The summed E-state index contributed by atoms with van der Waals surface area (Å²) in [6.45, 7) is 6.93. The Labute approximate surface area is 70.4 Å². The fourth-order valence-electron chi connectivity index (χ4n) is 2.31. The molecule has 1 fully saturated rings. The molecule has 0 saturated heterocycles. The van der Waals surface area contributed by atoms with Crippen molar-refractivity contribution in [3.8, 4) is 0 Å². The smallest absolute Gasteiger partial charge is 0.00672 e. The van der Waals surface area contributed by atoms with Gasteiger partial charge in [0.15, 0.2) is 0 Å². The molecule has 1 aliphatic rings. The van der Waals surface area contributed by atoms with E-state index in [4.69, 9.17) is 5.73 Å². The molecule has 1 heteroatoms. The summed E-state index contributed by atoms with van der Waals surface area (Å²) in [7, 11) is 0. The predicted molar refractivity (Wildman–Crippen MR) is 49.3 cm³/mol. The molecule has 0 amide bonds. The lowest BCUT2D eigenvalue weighted by atomic mass is 9.72. The van der Waals surface area contributed by atoms with Crippen molar-refractivity contribution in [2.75, 3.05) is 0 Å². The Morgan fingerprint density at radius 1 is 1.18 bits per heavy atom. The van der Waals surface area contributed by atoms with E-state index in [0.717, 1.165) is 17.8 Å². The Morgan fingerprint density at radius 2 is 1.82 bits per heavy atom. The van der Waals surface area contributed by atoms with Crippen LogP contribution in [0.5, 0.6) is 0 Å². The SMILES string of the molecule is CCC1CC(C)C(N)CC1C. The summed E-state index contributed by atoms with van der Waals surface area (Å²) in [4.78, 5) is 0. The lowest BCUT2D eigenvalue weighted by Crippen LogP contribution is -2.38. The van der Waals surface area contributed by atoms with E-state index in [1.54, 1.807) is 0 Å². The molecule has 0 bridgehead atoms. The van der Waals surface area contributed by atoms with Crippen molar-refractivity contribution < 1.29 is 0 Å². The summed E-state index contributed by atoms with van der Waals surface area (Å²) in [5, 5.41) is 0. The third-order valence-corrected chi connectivity index (χ3v) is 3.38. The average molecular weight is 155 g/mol. The van der Waals surface area contributed by atoms with Crippen LogP contribution < -0.4 is 5.73 Å². The molecule has 4 atom stereocenters. The molecule has 1 nitrogen and oxygen atoms in total. The van der Waals surface area contributed by atoms with Crippen LogP contribution >= 0.6 is 0 Å². The minimum absolute atomic E-state index is 0.466. The second kappa shape index (κ2) is 3.57. The molecular weight excluding hydrogens is 134 g/mol. The highest BCUT2D eigenvalue weighted by Crippen LogP contribution is 2.34. The molecule has 1 aliphatic carbocycles. The summed E-state index contributed by atoms with van der Waals surface area (Å²) in [6.07, 6.45) is 3.91. The molecule has 1 rings (SSSR count). The van der Waals surface area contributed by atoms with Crippen LogP contribution in [0.2, 0.25) is 0 Å². The van der Waals surface area contributed by atoms with Gasteiger partial charge in [0.25, 0.3) is 0 Å². The maximum absolute atomic E-state index is 5.99. The van der Waals surface area contributed by atoms with Gasteiger partial charge in [0.1, 0.15) is 0 Å². The molecule has 0 aromatic carbocycles. The monoisotopic (exact) mass is 155 g/mol.